The third kappa shape index (κ3) is 6.06. The Morgan fingerprint density at radius 3 is 2.64 bits per heavy atom. The van der Waals surface area contributed by atoms with Gasteiger partial charge in [-0.05, 0) is 85.0 Å². The van der Waals surface area contributed by atoms with Crippen LogP contribution in [0.3, 0.4) is 0 Å². The van der Waals surface area contributed by atoms with Crippen molar-refractivity contribution < 1.29 is 76.3 Å². The number of aliphatic hydroxyl groups excluding tert-OH is 3. The zero-order chi connectivity index (χ0) is 27.4. The van der Waals surface area contributed by atoms with Gasteiger partial charge in [0.25, 0.3) is 0 Å². The summed E-state index contributed by atoms with van der Waals surface area (Å²) in [5.74, 6) is 1.35. The maximum absolute atomic E-state index is 11.8. The minimum Gasteiger partial charge on any atom is -0.726 e. The van der Waals surface area contributed by atoms with Gasteiger partial charge in [0.1, 0.15) is 30.1 Å². The number of ether oxygens (including phenoxy) is 2. The Morgan fingerprint density at radius 1 is 1.23 bits per heavy atom. The van der Waals surface area contributed by atoms with Gasteiger partial charge >= 0.3 is 29.6 Å². The van der Waals surface area contributed by atoms with Crippen LogP contribution in [0.4, 0.5) is 0 Å². The molecule has 4 aliphatic rings. The minimum absolute atomic E-state index is 0. The van der Waals surface area contributed by atoms with Crippen molar-refractivity contribution in [2.75, 3.05) is 6.61 Å². The first kappa shape index (κ1) is 31.1. The van der Waals surface area contributed by atoms with Crippen molar-refractivity contribution in [2.24, 2.45) is 17.3 Å². The van der Waals surface area contributed by atoms with E-state index in [2.05, 4.69) is 16.4 Å². The molecule has 5 rings (SSSR count). The molecule has 2 saturated carbocycles. The molecule has 1 aromatic rings. The van der Waals surface area contributed by atoms with Crippen LogP contribution < -0.4 is 39.6 Å². The molecule has 0 aromatic heterocycles. The fourth-order valence-electron chi connectivity index (χ4n) is 7.55. The van der Waals surface area contributed by atoms with Crippen molar-refractivity contribution in [3.05, 3.63) is 29.3 Å². The van der Waals surface area contributed by atoms with Crippen LogP contribution in [0, 0.1) is 17.3 Å². The summed E-state index contributed by atoms with van der Waals surface area (Å²) >= 11 is 0. The molecule has 10 atom stereocenters. The van der Waals surface area contributed by atoms with E-state index in [1.165, 1.54) is 12.5 Å². The number of hydrogen-bond acceptors (Lipinski definition) is 10. The number of aliphatic hydroxyl groups is 3. The molecule has 3 fully saturated rings. The van der Waals surface area contributed by atoms with Crippen LogP contribution in [0.5, 0.6) is 5.75 Å². The summed E-state index contributed by atoms with van der Waals surface area (Å²) in [6, 6.07) is 4.49. The number of amides is 1. The Morgan fingerprint density at radius 2 is 1.97 bits per heavy atom. The molecule has 1 heterocycles. The predicted molar refractivity (Wildman–Crippen MR) is 132 cm³/mol. The number of nitrogens with one attached hydrogen (secondary N) is 1. The average molecular weight is 578 g/mol. The summed E-state index contributed by atoms with van der Waals surface area (Å²) in [5.41, 5.74) is 2.42. The number of hydrogen-bond donors (Lipinski definition) is 4. The molecule has 3 aliphatic carbocycles. The van der Waals surface area contributed by atoms with Gasteiger partial charge in [-0.3, -0.25) is 8.98 Å². The number of aryl methyl sites for hydroxylation is 1. The van der Waals surface area contributed by atoms with Crippen LogP contribution in [0.25, 0.3) is 0 Å². The third-order valence-corrected chi connectivity index (χ3v) is 9.81. The molecule has 0 radical (unpaired) electrons. The molecule has 0 bridgehead atoms. The zero-order valence-electron chi connectivity index (χ0n) is 22.5. The van der Waals surface area contributed by atoms with Crippen LogP contribution in [0.15, 0.2) is 18.2 Å². The monoisotopic (exact) mass is 577 g/mol. The van der Waals surface area contributed by atoms with Crippen LogP contribution in [-0.2, 0) is 30.5 Å². The molecule has 4 N–H and O–H groups in total. The molecule has 1 saturated heterocycles. The van der Waals surface area contributed by atoms with Crippen molar-refractivity contribution >= 4 is 16.3 Å². The summed E-state index contributed by atoms with van der Waals surface area (Å²) in [7, 11) is -5.23. The Balaban J connectivity index is 0.00000353. The quantitative estimate of drug-likeness (QED) is 0.164. The largest absolute Gasteiger partial charge is 1.00 e. The first-order chi connectivity index (χ1) is 17.9. The van der Waals surface area contributed by atoms with Gasteiger partial charge in [0.2, 0.25) is 22.6 Å². The predicted octanol–water partition coefficient (Wildman–Crippen LogP) is -2.29. The van der Waals surface area contributed by atoms with Gasteiger partial charge in [-0.2, -0.15) is 0 Å². The van der Waals surface area contributed by atoms with Gasteiger partial charge in [-0.25, -0.2) is 8.42 Å². The molecule has 1 aromatic carbocycles. The fourth-order valence-corrected chi connectivity index (χ4v) is 8.06. The fraction of sp³-hybridized carbons (Fsp3) is 0.731. The number of fused-ring (bicyclic) bond motifs is 5. The van der Waals surface area contributed by atoms with E-state index in [0.29, 0.717) is 23.5 Å². The SMILES string of the molecule is CC(=O)N[C@H]1[C@H](Oc2ccc3c(c2)CC[C@@H]2[C@@H]3CC[C@]3(C)[C@@H](O)CC[C@@H]23)O[C@H](CO)[C@H](OS(=O)(=O)[O-])[C@@H]1O.[Na+]. The smallest absolute Gasteiger partial charge is 0.726 e. The second-order valence-electron chi connectivity index (χ2n) is 11.4. The molecule has 0 spiro atoms. The topological polar surface area (TPSA) is 175 Å². The van der Waals surface area contributed by atoms with E-state index in [0.717, 1.165) is 44.1 Å². The average Bonchev–Trinajstić information content (AvgIpc) is 3.16. The summed E-state index contributed by atoms with van der Waals surface area (Å²) in [5, 5.41) is 33.6. The van der Waals surface area contributed by atoms with Gasteiger partial charge in [0.05, 0.1) is 12.7 Å². The van der Waals surface area contributed by atoms with Gasteiger partial charge in [-0.15, -0.1) is 0 Å². The van der Waals surface area contributed by atoms with E-state index in [9.17, 15) is 33.1 Å². The standard InChI is InChI=1S/C26H37NO10S.Na/c1-13(29)27-22-23(31)24(37-38(32,33)34)20(12-28)36-25(22)35-15-4-6-16-14(11-15)3-5-18-17(16)9-10-26(2)19(18)7-8-21(26)30;/h4,6,11,17-25,28,30-31H,3,5,7-10,12H2,1-2H3,(H,27,29)(H,32,33,34);/q;+1/p-1/t17-,18-,19+,20-,21+,22-,23-,24+,25-,26+;/m1./s1. The van der Waals surface area contributed by atoms with E-state index in [4.69, 9.17) is 9.47 Å². The molecule has 0 unspecified atom stereocenters. The summed E-state index contributed by atoms with van der Waals surface area (Å²) in [6.07, 6.45) is -0.519. The second-order valence-corrected chi connectivity index (χ2v) is 12.5. The summed E-state index contributed by atoms with van der Waals surface area (Å²) in [6.45, 7) is 2.69. The van der Waals surface area contributed by atoms with Crippen LogP contribution in [0.1, 0.15) is 63.0 Å². The van der Waals surface area contributed by atoms with E-state index in [1.807, 2.05) is 12.1 Å². The Hall–Kier alpha value is -0.800. The van der Waals surface area contributed by atoms with Crippen molar-refractivity contribution in [1.82, 2.24) is 5.32 Å². The number of carbonyl (C=O) groups is 1. The van der Waals surface area contributed by atoms with Crippen molar-refractivity contribution in [1.29, 1.82) is 0 Å². The molecule has 39 heavy (non-hydrogen) atoms. The van der Waals surface area contributed by atoms with Crippen molar-refractivity contribution in [2.45, 2.75) is 95.0 Å². The van der Waals surface area contributed by atoms with Crippen molar-refractivity contribution in [3.63, 3.8) is 0 Å². The van der Waals surface area contributed by atoms with Crippen LogP contribution in [-0.4, -0.2) is 77.6 Å². The van der Waals surface area contributed by atoms with Gasteiger partial charge < -0.3 is 34.7 Å². The zero-order valence-corrected chi connectivity index (χ0v) is 25.3. The van der Waals surface area contributed by atoms with Gasteiger partial charge in [0, 0.05) is 6.92 Å². The molecule has 13 heteroatoms. The van der Waals surface area contributed by atoms with Crippen molar-refractivity contribution in [3.8, 4) is 5.75 Å². The normalized spacial score (nSPS) is 39.5. The first-order valence-corrected chi connectivity index (χ1v) is 14.6. The summed E-state index contributed by atoms with van der Waals surface area (Å²) < 4.78 is 49.7. The van der Waals surface area contributed by atoms with Crippen LogP contribution >= 0.6 is 0 Å². The molecule has 1 aliphatic heterocycles. The maximum Gasteiger partial charge on any atom is 1.00 e. The molecular formula is C26H36NNaO10S. The Labute approximate surface area is 250 Å². The van der Waals surface area contributed by atoms with E-state index >= 15 is 0 Å². The minimum atomic E-state index is -5.23. The van der Waals surface area contributed by atoms with Gasteiger partial charge in [0.15, 0.2) is 0 Å². The third-order valence-electron chi connectivity index (χ3n) is 9.35. The number of benzene rings is 1. The first-order valence-electron chi connectivity index (χ1n) is 13.2. The van der Waals surface area contributed by atoms with E-state index in [-0.39, 0.29) is 41.1 Å². The van der Waals surface area contributed by atoms with Crippen LogP contribution in [0.2, 0.25) is 0 Å². The Bertz CT molecular complexity index is 1170. The van der Waals surface area contributed by atoms with Gasteiger partial charge in [-0.1, -0.05) is 13.0 Å². The second kappa shape index (κ2) is 11.8. The van der Waals surface area contributed by atoms with E-state index in [1.54, 1.807) is 6.07 Å². The maximum atomic E-state index is 11.8. The molecule has 1 amide bonds. The Kier molecular flexibility index (Phi) is 9.44. The van der Waals surface area contributed by atoms with E-state index < -0.39 is 53.6 Å². The summed E-state index contributed by atoms with van der Waals surface area (Å²) in [4.78, 5) is 11.8. The molecule has 11 nitrogen and oxygen atoms in total. The molecular weight excluding hydrogens is 541 g/mol. The molecule has 212 valence electrons. The number of carbonyl (C=O) groups excluding carboxylic acids is 1. The number of rotatable bonds is 6.